The van der Waals surface area contributed by atoms with Crippen molar-refractivity contribution in [2.24, 2.45) is 23.7 Å². The summed E-state index contributed by atoms with van der Waals surface area (Å²) >= 11 is 0. The van der Waals surface area contributed by atoms with Gasteiger partial charge in [-0.25, -0.2) is 14.8 Å². The average Bonchev–Trinajstić information content (AvgIpc) is 3.70. The summed E-state index contributed by atoms with van der Waals surface area (Å²) in [7, 11) is 1.31. The third kappa shape index (κ3) is 8.86. The molecular formula is C56H62N8O6. The standard InChI is InChI=1S/C56H62N8O6/c1-4-32(2)47(62-56(68)69-3)54(66)63-25-9-14-45(63)51-57-43-23-19-39-27-37(17-21-41(39)49(43)59-51)38-18-22-42-40(28-38)20-24-44-50(42)60-52(58-44)46-26-34(31-70-30-33-10-8-11-33)29-64(46)55(67)48(35-12-6-5-7-13-35)61-53(65)36-15-16-36/h5-7,12-13,17-24,27-28,32-34,36,45-48H,4,8-11,14-16,25-26,29-31H2,1-3H3,(H,57,59)(H,58,60)(H,61,65)(H,62,68)/t32-,34-,45-,46-,47-,48+/m0/s1. The number of imidazole rings is 2. The van der Waals surface area contributed by atoms with Crippen molar-refractivity contribution in [2.75, 3.05) is 33.4 Å². The molecular weight excluding hydrogens is 881 g/mol. The lowest BCUT2D eigenvalue weighted by Gasteiger charge is -2.30. The van der Waals surface area contributed by atoms with Crippen LogP contribution in [-0.2, 0) is 23.9 Å². The van der Waals surface area contributed by atoms with Gasteiger partial charge in [-0.15, -0.1) is 0 Å². The summed E-state index contributed by atoms with van der Waals surface area (Å²) in [5.74, 6) is 1.84. The lowest BCUT2D eigenvalue weighted by atomic mass is 9.86. The van der Waals surface area contributed by atoms with E-state index >= 15 is 0 Å². The van der Waals surface area contributed by atoms with Gasteiger partial charge in [0.05, 0.1) is 47.9 Å². The fourth-order valence-corrected chi connectivity index (χ4v) is 11.0. The van der Waals surface area contributed by atoms with Crippen molar-refractivity contribution in [1.29, 1.82) is 0 Å². The molecule has 0 radical (unpaired) electrons. The Morgan fingerprint density at radius 2 is 1.36 bits per heavy atom. The van der Waals surface area contributed by atoms with Gasteiger partial charge in [-0.05, 0) is 109 Å². The summed E-state index contributed by atoms with van der Waals surface area (Å²) in [5, 5.41) is 10.0. The summed E-state index contributed by atoms with van der Waals surface area (Å²) in [5.41, 5.74) is 6.43. The minimum absolute atomic E-state index is 0.0312. The molecule has 2 saturated heterocycles. The van der Waals surface area contributed by atoms with E-state index in [1.807, 2.05) is 54.0 Å². The Labute approximate surface area is 407 Å². The number of nitrogens with zero attached hydrogens (tertiary/aromatic N) is 4. The third-order valence-electron chi connectivity index (χ3n) is 15.6. The summed E-state index contributed by atoms with van der Waals surface area (Å²) in [4.78, 5) is 75.6. The zero-order valence-corrected chi connectivity index (χ0v) is 40.2. The number of alkyl carbamates (subject to hydrolysis) is 1. The number of methoxy groups -OCH3 is 1. The molecule has 6 atom stereocenters. The maximum absolute atomic E-state index is 14.8. The molecule has 2 aromatic heterocycles. The number of H-pyrrole nitrogens is 2. The molecule has 2 aliphatic carbocycles. The monoisotopic (exact) mass is 942 g/mol. The van der Waals surface area contributed by atoms with E-state index < -0.39 is 18.2 Å². The molecule has 4 N–H and O–H groups in total. The lowest BCUT2D eigenvalue weighted by Crippen LogP contribution is -2.51. The minimum atomic E-state index is -0.792. The number of rotatable bonds is 15. The van der Waals surface area contributed by atoms with Crippen molar-refractivity contribution in [1.82, 2.24) is 40.4 Å². The smallest absolute Gasteiger partial charge is 0.407 e. The number of ether oxygens (including phenoxy) is 2. The van der Waals surface area contributed by atoms with Crippen LogP contribution in [0.5, 0.6) is 0 Å². The second kappa shape index (κ2) is 19.2. The molecule has 2 aliphatic heterocycles. The van der Waals surface area contributed by atoms with E-state index in [-0.39, 0.29) is 47.6 Å². The van der Waals surface area contributed by atoms with Crippen molar-refractivity contribution in [3.63, 3.8) is 0 Å². The lowest BCUT2D eigenvalue weighted by molar-refractivity contribution is -0.138. The molecule has 4 aliphatic rings. The van der Waals surface area contributed by atoms with E-state index in [0.717, 1.165) is 111 Å². The molecule has 4 fully saturated rings. The summed E-state index contributed by atoms with van der Waals surface area (Å²) in [6, 6.07) is 28.9. The number of hydrogen-bond donors (Lipinski definition) is 4. The van der Waals surface area contributed by atoms with Crippen LogP contribution in [0.2, 0.25) is 0 Å². The van der Waals surface area contributed by atoms with Crippen molar-refractivity contribution in [2.45, 2.75) is 95.8 Å². The number of likely N-dealkylation sites (tertiary alicyclic amines) is 2. The second-order valence-electron chi connectivity index (χ2n) is 20.3. The molecule has 0 bridgehead atoms. The van der Waals surface area contributed by atoms with Crippen molar-refractivity contribution in [3.05, 3.63) is 108 Å². The van der Waals surface area contributed by atoms with Gasteiger partial charge < -0.3 is 39.9 Å². The van der Waals surface area contributed by atoms with E-state index in [1.54, 1.807) is 0 Å². The van der Waals surface area contributed by atoms with Crippen LogP contribution in [0.4, 0.5) is 4.79 Å². The molecule has 70 heavy (non-hydrogen) atoms. The van der Waals surface area contributed by atoms with Gasteiger partial charge in [0.25, 0.3) is 0 Å². The molecule has 4 amide bonds. The third-order valence-corrected chi connectivity index (χ3v) is 15.6. The zero-order chi connectivity index (χ0) is 48.0. The maximum atomic E-state index is 14.8. The first-order valence-electron chi connectivity index (χ1n) is 25.4. The highest BCUT2D eigenvalue weighted by Crippen LogP contribution is 2.41. The zero-order valence-electron chi connectivity index (χ0n) is 40.2. The minimum Gasteiger partial charge on any atom is -0.453 e. The number of hydrogen-bond acceptors (Lipinski definition) is 8. The molecule has 2 saturated carbocycles. The van der Waals surface area contributed by atoms with E-state index in [0.29, 0.717) is 32.0 Å². The van der Waals surface area contributed by atoms with Gasteiger partial charge in [0, 0.05) is 42.3 Å². The van der Waals surface area contributed by atoms with Crippen molar-refractivity contribution >= 4 is 67.4 Å². The van der Waals surface area contributed by atoms with Crippen LogP contribution in [0.15, 0.2) is 91.0 Å². The number of aromatic nitrogens is 4. The molecule has 0 unspecified atom stereocenters. The van der Waals surface area contributed by atoms with Gasteiger partial charge in [0.1, 0.15) is 23.7 Å². The van der Waals surface area contributed by atoms with Gasteiger partial charge in [0.2, 0.25) is 17.7 Å². The first kappa shape index (κ1) is 45.6. The van der Waals surface area contributed by atoms with Crippen molar-refractivity contribution < 1.29 is 28.7 Å². The normalized spacial score (nSPS) is 20.8. The van der Waals surface area contributed by atoms with E-state index in [4.69, 9.17) is 19.4 Å². The molecule has 0 spiro atoms. The Hall–Kier alpha value is -6.80. The van der Waals surface area contributed by atoms with Gasteiger partial charge in [-0.3, -0.25) is 14.4 Å². The highest BCUT2D eigenvalue weighted by molar-refractivity contribution is 6.07. The van der Waals surface area contributed by atoms with Crippen LogP contribution in [0.3, 0.4) is 0 Å². The molecule has 14 nitrogen and oxygen atoms in total. The molecule has 11 rings (SSSR count). The number of fused-ring (bicyclic) bond motifs is 6. The quantitative estimate of drug-likeness (QED) is 0.0786. The number of carbonyl (C=O) groups is 4. The largest absolute Gasteiger partial charge is 0.453 e. The topological polar surface area (TPSA) is 175 Å². The van der Waals surface area contributed by atoms with Crippen LogP contribution < -0.4 is 10.6 Å². The van der Waals surface area contributed by atoms with Gasteiger partial charge in [-0.2, -0.15) is 0 Å². The maximum Gasteiger partial charge on any atom is 0.407 e. The fraction of sp³-hybridized carbons (Fsp3) is 0.429. The predicted octanol–water partition coefficient (Wildman–Crippen LogP) is 9.82. The summed E-state index contributed by atoms with van der Waals surface area (Å²) in [6.45, 7) is 6.43. The first-order chi connectivity index (χ1) is 34.1. The molecule has 4 heterocycles. The Morgan fingerprint density at radius 1 is 0.714 bits per heavy atom. The predicted molar refractivity (Wildman–Crippen MR) is 269 cm³/mol. The highest BCUT2D eigenvalue weighted by Gasteiger charge is 2.43. The van der Waals surface area contributed by atoms with Crippen molar-refractivity contribution in [3.8, 4) is 11.1 Å². The first-order valence-corrected chi connectivity index (χ1v) is 25.4. The number of amides is 4. The highest BCUT2D eigenvalue weighted by atomic mass is 16.5. The molecule has 7 aromatic rings. The Balaban J connectivity index is 0.858. The average molecular weight is 943 g/mol. The van der Waals surface area contributed by atoms with Crippen LogP contribution in [0.1, 0.15) is 107 Å². The van der Waals surface area contributed by atoms with E-state index in [2.05, 4.69) is 81.3 Å². The van der Waals surface area contributed by atoms with Crippen LogP contribution in [-0.4, -0.2) is 93.0 Å². The van der Waals surface area contributed by atoms with Gasteiger partial charge >= 0.3 is 6.09 Å². The fourth-order valence-electron chi connectivity index (χ4n) is 11.0. The summed E-state index contributed by atoms with van der Waals surface area (Å²) in [6.07, 6.45) is 7.86. The molecule has 362 valence electrons. The number of carbonyl (C=O) groups excluding carboxylic acids is 4. The number of aromatic amines is 2. The SMILES string of the molecule is CC[C@H](C)[C@H](NC(=O)OC)C(=O)N1CCC[C@H]1c1nc2c(ccc3cc(-c4ccc5c(ccc6[nH]c([C@@H]7C[C@H](COCC8CCC8)CN7C(=O)[C@H](NC(=O)C7CC7)c7ccccc7)nc65)c4)ccc32)[nH]1. The Bertz CT molecular complexity index is 3100. The van der Waals surface area contributed by atoms with Crippen LogP contribution in [0.25, 0.3) is 54.7 Å². The van der Waals surface area contributed by atoms with Crippen LogP contribution >= 0.6 is 0 Å². The molecule has 14 heteroatoms. The van der Waals surface area contributed by atoms with Gasteiger partial charge in [-0.1, -0.05) is 93.4 Å². The van der Waals surface area contributed by atoms with E-state index in [1.165, 1.54) is 26.4 Å². The van der Waals surface area contributed by atoms with Crippen LogP contribution in [0, 0.1) is 23.7 Å². The summed E-state index contributed by atoms with van der Waals surface area (Å²) < 4.78 is 11.1. The van der Waals surface area contributed by atoms with E-state index in [9.17, 15) is 19.2 Å². The van der Waals surface area contributed by atoms with Gasteiger partial charge in [0.15, 0.2) is 0 Å². The Kier molecular flexibility index (Phi) is 12.5. The number of benzene rings is 5. The Morgan fingerprint density at radius 3 is 1.96 bits per heavy atom. The second-order valence-corrected chi connectivity index (χ2v) is 20.3. The molecule has 5 aromatic carbocycles. The number of nitrogens with one attached hydrogen (secondary N) is 4.